The van der Waals surface area contributed by atoms with Crippen LogP contribution in [0.2, 0.25) is 0 Å². The first kappa shape index (κ1) is 64.2. The maximum atomic E-state index is 12.9. The molecular formula is C57H108N2O6P+. The number of rotatable bonds is 50. The molecule has 0 aromatic heterocycles. The Hall–Kier alpha value is -1.80. The molecule has 8 nitrogen and oxygen atoms in total. The number of aliphatic hydroxyl groups is 1. The van der Waals surface area contributed by atoms with Crippen molar-refractivity contribution in [1.29, 1.82) is 0 Å². The smallest absolute Gasteiger partial charge is 0.387 e. The second-order valence-corrected chi connectivity index (χ2v) is 21.4. The molecular weight excluding hydrogens is 840 g/mol. The monoisotopic (exact) mass is 948 g/mol. The summed E-state index contributed by atoms with van der Waals surface area (Å²) in [6.07, 6.45) is 64.6. The first-order valence-electron chi connectivity index (χ1n) is 27.7. The number of unbranched alkanes of at least 4 members (excludes halogenated alkanes) is 30. The Morgan fingerprint density at radius 1 is 0.515 bits per heavy atom. The van der Waals surface area contributed by atoms with E-state index >= 15 is 0 Å². The van der Waals surface area contributed by atoms with Gasteiger partial charge in [0, 0.05) is 6.42 Å². The lowest BCUT2D eigenvalue weighted by Gasteiger charge is -2.25. The number of aliphatic hydroxyl groups excluding tert-OH is 1. The summed E-state index contributed by atoms with van der Waals surface area (Å²) in [5.41, 5.74) is 0. The topological polar surface area (TPSA) is 105 Å². The maximum absolute atomic E-state index is 12.9. The van der Waals surface area contributed by atoms with Crippen LogP contribution < -0.4 is 5.32 Å². The molecule has 3 N–H and O–H groups in total. The Morgan fingerprint density at radius 2 is 0.879 bits per heavy atom. The van der Waals surface area contributed by atoms with Gasteiger partial charge in [-0.2, -0.15) is 0 Å². The Balaban J connectivity index is 4.33. The number of allylic oxidation sites excluding steroid dienone is 9. The SMILES string of the molecule is CCCCC/C=C\C=C/CCCCCCCCCCCCC(=O)NC(COP(=O)(O)OCC[N+](C)(C)C)C(O)/C=C/CC/C=C/CC/C=C/CCCCCCCCCCCCCCCCC. The Morgan fingerprint density at radius 3 is 1.33 bits per heavy atom. The molecule has 3 unspecified atom stereocenters. The predicted octanol–water partition coefficient (Wildman–Crippen LogP) is 16.5. The lowest BCUT2D eigenvalue weighted by Crippen LogP contribution is -2.45. The van der Waals surface area contributed by atoms with Gasteiger partial charge in [0.1, 0.15) is 13.2 Å². The van der Waals surface area contributed by atoms with E-state index in [0.29, 0.717) is 17.4 Å². The van der Waals surface area contributed by atoms with Crippen LogP contribution in [0.4, 0.5) is 0 Å². The third-order valence-electron chi connectivity index (χ3n) is 12.2. The summed E-state index contributed by atoms with van der Waals surface area (Å²) in [7, 11) is 1.54. The van der Waals surface area contributed by atoms with E-state index in [1.807, 2.05) is 27.2 Å². The van der Waals surface area contributed by atoms with Crippen molar-refractivity contribution in [1.82, 2.24) is 5.32 Å². The second kappa shape index (κ2) is 48.2. The fourth-order valence-corrected chi connectivity index (χ4v) is 8.57. The number of quaternary nitrogens is 1. The molecule has 0 radical (unpaired) electrons. The van der Waals surface area contributed by atoms with Gasteiger partial charge >= 0.3 is 7.82 Å². The highest BCUT2D eigenvalue weighted by Crippen LogP contribution is 2.43. The summed E-state index contributed by atoms with van der Waals surface area (Å²) >= 11 is 0. The number of phosphoric ester groups is 1. The third kappa shape index (κ3) is 50.1. The molecule has 0 aliphatic heterocycles. The van der Waals surface area contributed by atoms with E-state index in [1.165, 1.54) is 180 Å². The molecule has 0 saturated heterocycles. The number of carbonyl (C=O) groups is 1. The van der Waals surface area contributed by atoms with Crippen LogP contribution >= 0.6 is 7.82 Å². The Labute approximate surface area is 409 Å². The van der Waals surface area contributed by atoms with E-state index < -0.39 is 20.0 Å². The minimum Gasteiger partial charge on any atom is -0.387 e. The molecule has 0 spiro atoms. The molecule has 1 amide bonds. The molecule has 0 aliphatic rings. The van der Waals surface area contributed by atoms with Crippen molar-refractivity contribution in [2.45, 2.75) is 257 Å². The van der Waals surface area contributed by atoms with Gasteiger partial charge in [-0.1, -0.05) is 229 Å². The Bertz CT molecular complexity index is 1260. The van der Waals surface area contributed by atoms with Crippen molar-refractivity contribution in [2.75, 3.05) is 40.9 Å². The van der Waals surface area contributed by atoms with Crippen molar-refractivity contribution < 1.29 is 32.9 Å². The molecule has 0 rings (SSSR count). The minimum atomic E-state index is -4.36. The molecule has 66 heavy (non-hydrogen) atoms. The fraction of sp³-hybridized carbons (Fsp3) is 0.807. The average molecular weight is 948 g/mol. The van der Waals surface area contributed by atoms with E-state index in [0.717, 1.165) is 44.9 Å². The van der Waals surface area contributed by atoms with Gasteiger partial charge in [0.2, 0.25) is 5.91 Å². The second-order valence-electron chi connectivity index (χ2n) is 20.0. The normalized spacial score (nSPS) is 14.5. The van der Waals surface area contributed by atoms with Crippen molar-refractivity contribution in [2.24, 2.45) is 0 Å². The van der Waals surface area contributed by atoms with Crippen molar-refractivity contribution >= 4 is 13.7 Å². The van der Waals surface area contributed by atoms with E-state index in [4.69, 9.17) is 9.05 Å². The van der Waals surface area contributed by atoms with E-state index in [2.05, 4.69) is 67.8 Å². The summed E-state index contributed by atoms with van der Waals surface area (Å²) in [4.78, 5) is 23.3. The van der Waals surface area contributed by atoms with Crippen molar-refractivity contribution in [3.05, 3.63) is 60.8 Å². The van der Waals surface area contributed by atoms with E-state index in [1.54, 1.807) is 6.08 Å². The van der Waals surface area contributed by atoms with E-state index in [-0.39, 0.29) is 19.1 Å². The van der Waals surface area contributed by atoms with Crippen LogP contribution in [0, 0.1) is 0 Å². The van der Waals surface area contributed by atoms with Crippen LogP contribution in [0.3, 0.4) is 0 Å². The van der Waals surface area contributed by atoms with Gasteiger partial charge in [0.05, 0.1) is 39.9 Å². The molecule has 0 bridgehead atoms. The number of hydrogen-bond donors (Lipinski definition) is 3. The largest absolute Gasteiger partial charge is 0.472 e. The van der Waals surface area contributed by atoms with Crippen LogP contribution in [0.1, 0.15) is 245 Å². The first-order chi connectivity index (χ1) is 32.0. The molecule has 0 saturated carbocycles. The van der Waals surface area contributed by atoms with Crippen molar-refractivity contribution in [3.8, 4) is 0 Å². The molecule has 9 heteroatoms. The average Bonchev–Trinajstić information content (AvgIpc) is 3.28. The van der Waals surface area contributed by atoms with E-state index in [9.17, 15) is 19.4 Å². The number of hydrogen-bond acceptors (Lipinski definition) is 5. The number of nitrogens with one attached hydrogen (secondary N) is 1. The highest BCUT2D eigenvalue weighted by Gasteiger charge is 2.27. The summed E-state index contributed by atoms with van der Waals surface area (Å²) in [5, 5.41) is 13.9. The lowest BCUT2D eigenvalue weighted by atomic mass is 10.0. The quantitative estimate of drug-likeness (QED) is 0.0184. The number of phosphoric acid groups is 1. The minimum absolute atomic E-state index is 0.0511. The predicted molar refractivity (Wildman–Crippen MR) is 286 cm³/mol. The van der Waals surface area contributed by atoms with Crippen LogP contribution in [0.25, 0.3) is 0 Å². The third-order valence-corrected chi connectivity index (χ3v) is 13.2. The van der Waals surface area contributed by atoms with Gasteiger partial charge in [0.25, 0.3) is 0 Å². The van der Waals surface area contributed by atoms with Crippen LogP contribution in [-0.2, 0) is 18.4 Å². The standard InChI is InChI=1S/C57H107N2O6P/c1-6-8-10-12-14-16-18-20-22-24-26-27-28-29-30-31-33-34-36-38-40-42-44-46-48-50-56(60)55(54-65-66(62,63)64-53-52-59(3,4)5)58-57(61)51-49-47-45-43-41-39-37-35-32-25-23-21-19-17-15-13-11-9-7-2/h15,17,19,21,33-34,40,42,48,50,55-56,60H,6-14,16,18,20,22-32,35-39,41,43-47,49,51-54H2,1-5H3,(H-,58,61,62,63)/p+1/b17-15-,21-19-,34-33+,42-40+,50-48+. The number of likely N-dealkylation sites (N-methyl/N-ethyl adjacent to an activating group) is 1. The van der Waals surface area contributed by atoms with Gasteiger partial charge in [-0.3, -0.25) is 13.8 Å². The van der Waals surface area contributed by atoms with Crippen LogP contribution in [0.15, 0.2) is 60.8 Å². The fourth-order valence-electron chi connectivity index (χ4n) is 7.83. The van der Waals surface area contributed by atoms with Gasteiger partial charge in [-0.05, 0) is 70.6 Å². The van der Waals surface area contributed by atoms with Gasteiger partial charge in [0.15, 0.2) is 0 Å². The molecule has 0 fully saturated rings. The molecule has 386 valence electrons. The maximum Gasteiger partial charge on any atom is 0.472 e. The molecule has 0 aromatic carbocycles. The van der Waals surface area contributed by atoms with Crippen molar-refractivity contribution in [3.63, 3.8) is 0 Å². The first-order valence-corrected chi connectivity index (χ1v) is 29.2. The summed E-state index contributed by atoms with van der Waals surface area (Å²) in [6, 6.07) is -0.874. The zero-order chi connectivity index (χ0) is 48.5. The molecule has 0 aromatic rings. The lowest BCUT2D eigenvalue weighted by molar-refractivity contribution is -0.870. The number of amides is 1. The van der Waals surface area contributed by atoms with Gasteiger partial charge < -0.3 is 19.8 Å². The highest BCUT2D eigenvalue weighted by atomic mass is 31.2. The van der Waals surface area contributed by atoms with Crippen LogP contribution in [0.5, 0.6) is 0 Å². The zero-order valence-electron chi connectivity index (χ0n) is 43.9. The number of nitrogens with zero attached hydrogens (tertiary/aromatic N) is 1. The number of carbonyl (C=O) groups excluding carboxylic acids is 1. The summed E-state index contributed by atoms with van der Waals surface area (Å²) in [5.74, 6) is -0.195. The molecule has 3 atom stereocenters. The highest BCUT2D eigenvalue weighted by molar-refractivity contribution is 7.47. The van der Waals surface area contributed by atoms with Gasteiger partial charge in [-0.15, -0.1) is 0 Å². The summed E-state index contributed by atoms with van der Waals surface area (Å²) < 4.78 is 23.7. The van der Waals surface area contributed by atoms with Gasteiger partial charge in [-0.25, -0.2) is 4.57 Å². The molecule has 0 heterocycles. The van der Waals surface area contributed by atoms with Crippen LogP contribution in [-0.4, -0.2) is 73.4 Å². The zero-order valence-corrected chi connectivity index (χ0v) is 44.8. The Kier molecular flexibility index (Phi) is 46.9. The summed E-state index contributed by atoms with van der Waals surface area (Å²) in [6.45, 7) is 4.77. The molecule has 0 aliphatic carbocycles.